The Kier molecular flexibility index (Phi) is 6.68. The summed E-state index contributed by atoms with van der Waals surface area (Å²) >= 11 is 5.36. The average Bonchev–Trinajstić information content (AvgIpc) is 2.34. The predicted molar refractivity (Wildman–Crippen MR) is 69.9 cm³/mol. The highest BCUT2D eigenvalue weighted by Gasteiger charge is 2.19. The van der Waals surface area contributed by atoms with Crippen molar-refractivity contribution in [3.8, 4) is 0 Å². The minimum atomic E-state index is 0.795. The van der Waals surface area contributed by atoms with E-state index in [1.54, 1.807) is 12.0 Å². The van der Waals surface area contributed by atoms with Gasteiger partial charge in [-0.25, -0.2) is 0 Å². The molecule has 1 rings (SSSR count). The van der Waals surface area contributed by atoms with Crippen LogP contribution in [0.25, 0.3) is 0 Å². The zero-order valence-electron chi connectivity index (χ0n) is 10.4. The number of hydrogen-bond acceptors (Lipinski definition) is 2. The van der Waals surface area contributed by atoms with Gasteiger partial charge in [0.25, 0.3) is 0 Å². The van der Waals surface area contributed by atoms with Crippen molar-refractivity contribution in [2.75, 3.05) is 53.0 Å². The van der Waals surface area contributed by atoms with Gasteiger partial charge in [-0.2, -0.15) is 0 Å². The van der Waals surface area contributed by atoms with Crippen molar-refractivity contribution < 1.29 is 9.64 Å². The molecule has 4 nitrogen and oxygen atoms in total. The molecule has 0 saturated carbocycles. The second-order valence-corrected chi connectivity index (χ2v) is 4.56. The summed E-state index contributed by atoms with van der Waals surface area (Å²) in [6.07, 6.45) is 1.01. The number of ether oxygens (including phenoxy) is 1. The van der Waals surface area contributed by atoms with Crippen LogP contribution in [0.3, 0.4) is 0 Å². The van der Waals surface area contributed by atoms with Crippen molar-refractivity contribution in [1.29, 1.82) is 0 Å². The summed E-state index contributed by atoms with van der Waals surface area (Å²) in [5.74, 6) is 0. The highest BCUT2D eigenvalue weighted by Crippen LogP contribution is 1.91. The van der Waals surface area contributed by atoms with E-state index in [9.17, 15) is 0 Å². The highest BCUT2D eigenvalue weighted by atomic mass is 32.1. The molecule has 94 valence electrons. The molecule has 0 spiro atoms. The second kappa shape index (κ2) is 7.81. The average molecular weight is 246 g/mol. The van der Waals surface area contributed by atoms with E-state index < -0.39 is 0 Å². The molecule has 0 aromatic carbocycles. The lowest BCUT2D eigenvalue weighted by Gasteiger charge is -2.33. The van der Waals surface area contributed by atoms with Crippen LogP contribution in [-0.2, 0) is 4.74 Å². The van der Waals surface area contributed by atoms with Crippen molar-refractivity contribution in [3.63, 3.8) is 0 Å². The van der Waals surface area contributed by atoms with E-state index in [1.165, 1.54) is 19.6 Å². The normalized spacial score (nSPS) is 17.5. The van der Waals surface area contributed by atoms with Gasteiger partial charge in [0, 0.05) is 20.3 Å². The first-order chi connectivity index (χ1) is 7.77. The first-order valence-electron chi connectivity index (χ1n) is 6.13. The van der Waals surface area contributed by atoms with Crippen LogP contribution in [0.15, 0.2) is 0 Å². The Bertz CT molecular complexity index is 205. The van der Waals surface area contributed by atoms with Gasteiger partial charge >= 0.3 is 0 Å². The van der Waals surface area contributed by atoms with Gasteiger partial charge in [0.2, 0.25) is 0 Å². The Morgan fingerprint density at radius 3 is 2.69 bits per heavy atom. The SMILES string of the molecule is CC[NH+]1CCN(C(=S)NCCCOC)CC1. The monoisotopic (exact) mass is 246 g/mol. The van der Waals surface area contributed by atoms with E-state index in [1.807, 2.05) is 0 Å². The summed E-state index contributed by atoms with van der Waals surface area (Å²) in [4.78, 5) is 3.96. The minimum Gasteiger partial charge on any atom is -0.385 e. The Hall–Kier alpha value is -0.390. The highest BCUT2D eigenvalue weighted by molar-refractivity contribution is 7.80. The van der Waals surface area contributed by atoms with Gasteiger partial charge in [0.15, 0.2) is 5.11 Å². The summed E-state index contributed by atoms with van der Waals surface area (Å²) < 4.78 is 5.00. The van der Waals surface area contributed by atoms with Crippen molar-refractivity contribution in [2.45, 2.75) is 13.3 Å². The Morgan fingerprint density at radius 1 is 1.44 bits per heavy atom. The Labute approximate surface area is 104 Å². The fraction of sp³-hybridized carbons (Fsp3) is 0.909. The van der Waals surface area contributed by atoms with Crippen molar-refractivity contribution in [1.82, 2.24) is 10.2 Å². The van der Waals surface area contributed by atoms with Crippen molar-refractivity contribution in [3.05, 3.63) is 0 Å². The zero-order valence-corrected chi connectivity index (χ0v) is 11.2. The fourth-order valence-electron chi connectivity index (χ4n) is 1.90. The van der Waals surface area contributed by atoms with Gasteiger partial charge in [0.05, 0.1) is 32.7 Å². The molecule has 0 atom stereocenters. The Balaban J connectivity index is 2.13. The lowest BCUT2D eigenvalue weighted by Crippen LogP contribution is -3.14. The van der Waals surface area contributed by atoms with E-state index in [4.69, 9.17) is 17.0 Å². The van der Waals surface area contributed by atoms with Gasteiger partial charge in [-0.3, -0.25) is 0 Å². The van der Waals surface area contributed by atoms with E-state index in [0.717, 1.165) is 37.8 Å². The molecule has 0 radical (unpaired) electrons. The topological polar surface area (TPSA) is 28.9 Å². The van der Waals surface area contributed by atoms with Crippen LogP contribution in [0.4, 0.5) is 0 Å². The number of rotatable bonds is 5. The number of nitrogens with zero attached hydrogens (tertiary/aromatic N) is 1. The molecule has 1 saturated heterocycles. The molecule has 1 aliphatic heterocycles. The Morgan fingerprint density at radius 2 is 2.12 bits per heavy atom. The summed E-state index contributed by atoms with van der Waals surface area (Å²) in [5.41, 5.74) is 0. The number of piperazine rings is 1. The second-order valence-electron chi connectivity index (χ2n) is 4.17. The summed E-state index contributed by atoms with van der Waals surface area (Å²) in [5, 5.41) is 4.20. The van der Waals surface area contributed by atoms with Crippen molar-refractivity contribution >= 4 is 17.3 Å². The minimum absolute atomic E-state index is 0.795. The maximum absolute atomic E-state index is 5.36. The molecule has 0 bridgehead atoms. The third-order valence-corrected chi connectivity index (χ3v) is 3.46. The van der Waals surface area contributed by atoms with Gasteiger partial charge < -0.3 is 19.9 Å². The van der Waals surface area contributed by atoms with E-state index in [2.05, 4.69) is 17.1 Å². The molecular formula is C11H24N3OS+. The number of likely N-dealkylation sites (N-methyl/N-ethyl adjacent to an activating group) is 1. The molecular weight excluding hydrogens is 222 g/mol. The molecule has 5 heteroatoms. The van der Waals surface area contributed by atoms with E-state index in [-0.39, 0.29) is 0 Å². The number of thiocarbonyl (C=S) groups is 1. The van der Waals surface area contributed by atoms with Crippen molar-refractivity contribution in [2.24, 2.45) is 0 Å². The molecule has 1 heterocycles. The smallest absolute Gasteiger partial charge is 0.169 e. The van der Waals surface area contributed by atoms with E-state index >= 15 is 0 Å². The molecule has 0 amide bonds. The first-order valence-corrected chi connectivity index (χ1v) is 6.54. The number of nitrogens with one attached hydrogen (secondary N) is 2. The first kappa shape index (κ1) is 13.7. The van der Waals surface area contributed by atoms with Crippen LogP contribution < -0.4 is 10.2 Å². The maximum Gasteiger partial charge on any atom is 0.169 e. The van der Waals surface area contributed by atoms with E-state index in [0.29, 0.717) is 0 Å². The van der Waals surface area contributed by atoms with Gasteiger partial charge in [-0.1, -0.05) is 0 Å². The lowest BCUT2D eigenvalue weighted by atomic mass is 10.3. The van der Waals surface area contributed by atoms with Gasteiger partial charge in [-0.15, -0.1) is 0 Å². The number of quaternary nitrogens is 1. The molecule has 2 N–H and O–H groups in total. The fourth-order valence-corrected chi connectivity index (χ4v) is 2.19. The predicted octanol–water partition coefficient (Wildman–Crippen LogP) is -0.882. The molecule has 0 aliphatic carbocycles. The van der Waals surface area contributed by atoms with Crippen LogP contribution >= 0.6 is 12.2 Å². The quantitative estimate of drug-likeness (QED) is 0.487. The van der Waals surface area contributed by atoms with Crippen LogP contribution in [0, 0.1) is 0 Å². The molecule has 1 aliphatic rings. The molecule has 0 unspecified atom stereocenters. The third-order valence-electron chi connectivity index (χ3n) is 3.06. The molecule has 0 aromatic heterocycles. The van der Waals surface area contributed by atoms with Crippen LogP contribution in [0.2, 0.25) is 0 Å². The maximum atomic E-state index is 5.36. The standard InChI is InChI=1S/C11H23N3OS/c1-3-13-6-8-14(9-7-13)11(16)12-5-4-10-15-2/h3-10H2,1-2H3,(H,12,16)/p+1. The summed E-state index contributed by atoms with van der Waals surface area (Å²) in [6.45, 7) is 9.75. The molecule has 16 heavy (non-hydrogen) atoms. The third kappa shape index (κ3) is 4.63. The van der Waals surface area contributed by atoms with Crippen LogP contribution in [-0.4, -0.2) is 63.0 Å². The molecule has 0 aromatic rings. The number of hydrogen-bond donors (Lipinski definition) is 2. The zero-order chi connectivity index (χ0) is 11.8. The number of methoxy groups -OCH3 is 1. The van der Waals surface area contributed by atoms with Gasteiger partial charge in [-0.05, 0) is 25.6 Å². The van der Waals surface area contributed by atoms with Crippen LogP contribution in [0.5, 0.6) is 0 Å². The summed E-state index contributed by atoms with van der Waals surface area (Å²) in [6, 6.07) is 0. The van der Waals surface area contributed by atoms with Gasteiger partial charge in [0.1, 0.15) is 0 Å². The lowest BCUT2D eigenvalue weighted by molar-refractivity contribution is -0.902. The molecule has 1 fully saturated rings. The summed E-state index contributed by atoms with van der Waals surface area (Å²) in [7, 11) is 1.73. The van der Waals surface area contributed by atoms with Crippen LogP contribution in [0.1, 0.15) is 13.3 Å². The largest absolute Gasteiger partial charge is 0.385 e.